The summed E-state index contributed by atoms with van der Waals surface area (Å²) in [5.74, 6) is 0. The van der Waals surface area contributed by atoms with Crippen LogP contribution in [0.15, 0.2) is 0 Å². The van der Waals surface area contributed by atoms with Crippen molar-refractivity contribution in [3.8, 4) is 0 Å². The van der Waals surface area contributed by atoms with Crippen molar-refractivity contribution < 1.29 is 59.6 Å². The number of rotatable bonds is 0. The summed E-state index contributed by atoms with van der Waals surface area (Å²) in [6.07, 6.45) is 0. The summed E-state index contributed by atoms with van der Waals surface area (Å²) in [4.78, 5) is 8.24. The van der Waals surface area contributed by atoms with Crippen LogP contribution in [0.3, 0.4) is 0 Å². The van der Waals surface area contributed by atoms with Crippen molar-refractivity contribution in [1.82, 2.24) is 0 Å². The number of aliphatic hydroxyl groups excluding tert-OH is 1. The standard InChI is InChI=1S/CHO2.CH3.U.V/c2-1-3;;;/h(H,2,3);1H3;;/q2*-1;;. The molecular weight excluding hydrogens is 345 g/mol. The minimum atomic E-state index is 0. The molecule has 0 bridgehead atoms. The molecule has 0 spiro atoms. The van der Waals surface area contributed by atoms with E-state index in [4.69, 9.17) is 9.90 Å². The average molecular weight is 349 g/mol. The summed E-state index contributed by atoms with van der Waals surface area (Å²) in [6.45, 7) is 0.500. The first-order valence-electron chi connectivity index (χ1n) is 0.428. The van der Waals surface area contributed by atoms with Gasteiger partial charge in [-0.25, -0.2) is 0 Å². The number of hydrogen-bond acceptors (Lipinski definition) is 1. The molecule has 0 aromatic rings. The van der Waals surface area contributed by atoms with Crippen molar-refractivity contribution in [1.29, 1.82) is 0 Å². The fraction of sp³-hybridized carbons (Fsp3) is 0. The molecule has 1 radical (unpaired) electrons. The van der Waals surface area contributed by atoms with E-state index in [1.54, 1.807) is 0 Å². The molecule has 0 aliphatic rings. The smallest absolute Gasteiger partial charge is 0 e. The van der Waals surface area contributed by atoms with E-state index in [0.717, 1.165) is 0 Å². The van der Waals surface area contributed by atoms with E-state index in [1.807, 2.05) is 0 Å². The van der Waals surface area contributed by atoms with Crippen molar-refractivity contribution in [3.05, 3.63) is 7.43 Å². The molecule has 0 rings (SSSR count). The van der Waals surface area contributed by atoms with Crippen LogP contribution < -0.4 is 0 Å². The van der Waals surface area contributed by atoms with Gasteiger partial charge in [0.25, 0.3) is 0 Å². The largest absolute Gasteiger partial charge is 0.665 e. The average Bonchev–Trinajstić information content (AvgIpc) is 0.918. The Morgan fingerprint density at radius 2 is 1.50 bits per heavy atom. The van der Waals surface area contributed by atoms with Crippen molar-refractivity contribution in [2.75, 3.05) is 0 Å². The van der Waals surface area contributed by atoms with Crippen LogP contribution in [0.2, 0.25) is 0 Å². The molecule has 0 saturated heterocycles. The molecule has 2 nitrogen and oxygen atoms in total. The SMILES string of the molecule is O=[C-]O.[CH3-].[U].[V]. The van der Waals surface area contributed by atoms with Crippen molar-refractivity contribution in [2.24, 2.45) is 0 Å². The summed E-state index contributed by atoms with van der Waals surface area (Å²) in [6, 6.07) is 0. The molecule has 0 atom stereocenters. The van der Waals surface area contributed by atoms with Crippen LogP contribution in [0.5, 0.6) is 0 Å². The Labute approximate surface area is 73.0 Å². The minimum absolute atomic E-state index is 0. The van der Waals surface area contributed by atoms with Crippen LogP contribution in [0, 0.1) is 38.5 Å². The Kier molecular flexibility index (Phi) is 164. The zero-order valence-electron chi connectivity index (χ0n) is 3.30. The Morgan fingerprint density at radius 3 is 1.50 bits per heavy atom. The first kappa shape index (κ1) is 27.5. The minimum Gasteiger partial charge on any atom is -0.665 e. The van der Waals surface area contributed by atoms with E-state index in [-0.39, 0.29) is 57.1 Å². The van der Waals surface area contributed by atoms with Crippen LogP contribution in [0.1, 0.15) is 0 Å². The Morgan fingerprint density at radius 1 is 1.50 bits per heavy atom. The maximum Gasteiger partial charge on any atom is 0 e. The van der Waals surface area contributed by atoms with E-state index in [0.29, 0.717) is 6.47 Å². The summed E-state index contributed by atoms with van der Waals surface area (Å²) in [5.41, 5.74) is 0. The van der Waals surface area contributed by atoms with Crippen LogP contribution in [-0.2, 0) is 23.4 Å². The molecule has 0 aliphatic heterocycles. The van der Waals surface area contributed by atoms with Crippen molar-refractivity contribution in [2.45, 2.75) is 0 Å². The molecule has 0 aromatic carbocycles. The first-order valence-corrected chi connectivity index (χ1v) is 0.428. The summed E-state index contributed by atoms with van der Waals surface area (Å²) in [5, 5.41) is 6.76. The predicted octanol–water partition coefficient (Wildman–Crippen LogP) is 0.0594. The second-order valence-electron chi connectivity index (χ2n) is 0.0913. The molecule has 0 fully saturated rings. The molecule has 0 saturated carbocycles. The van der Waals surface area contributed by atoms with Crippen LogP contribution in [-0.4, -0.2) is 11.6 Å². The molecule has 1 N–H and O–H groups in total. The quantitative estimate of drug-likeness (QED) is 0.628. The molecule has 6 heavy (non-hydrogen) atoms. The van der Waals surface area contributed by atoms with Gasteiger partial charge in [-0.3, -0.25) is 0 Å². The van der Waals surface area contributed by atoms with Crippen LogP contribution in [0.25, 0.3) is 0 Å². The van der Waals surface area contributed by atoms with Gasteiger partial charge in [0.1, 0.15) is 0 Å². The van der Waals surface area contributed by atoms with Gasteiger partial charge in [-0.15, -0.1) is 0 Å². The van der Waals surface area contributed by atoms with Gasteiger partial charge in [0, 0.05) is 49.7 Å². The summed E-state index contributed by atoms with van der Waals surface area (Å²) in [7, 11) is 0. The molecule has 0 amide bonds. The van der Waals surface area contributed by atoms with Gasteiger partial charge in [-0.1, -0.05) is 6.47 Å². The van der Waals surface area contributed by atoms with Gasteiger partial charge < -0.3 is 17.3 Å². The number of hydrogen-bond donors (Lipinski definition) is 1. The van der Waals surface area contributed by atoms with E-state index in [9.17, 15) is 0 Å². The van der Waals surface area contributed by atoms with Gasteiger partial charge in [0.2, 0.25) is 0 Å². The molecule has 4 heteroatoms. The third-order valence-corrected chi connectivity index (χ3v) is 0. The van der Waals surface area contributed by atoms with Gasteiger partial charge >= 0.3 is 0 Å². The summed E-state index contributed by atoms with van der Waals surface area (Å²) >= 11 is 0. The fourth-order valence-electron chi connectivity index (χ4n) is 0. The van der Waals surface area contributed by atoms with Gasteiger partial charge in [0.15, 0.2) is 0 Å². The molecule has 0 unspecified atom stereocenters. The summed E-state index contributed by atoms with van der Waals surface area (Å²) < 4.78 is 0. The normalized spacial score (nSPS) is 2.00. The maximum atomic E-state index is 8.24. The van der Waals surface area contributed by atoms with Crippen molar-refractivity contribution in [3.63, 3.8) is 0 Å². The second kappa shape index (κ2) is 35.9. The van der Waals surface area contributed by atoms with Gasteiger partial charge in [-0.05, 0) is 0 Å². The third kappa shape index (κ3) is 70.3. The van der Waals surface area contributed by atoms with Crippen LogP contribution in [0.4, 0.5) is 0 Å². The monoisotopic (exact) mass is 349 g/mol. The molecular formula is C2H4O2UV-2. The molecule has 35 valence electrons. The predicted molar refractivity (Wildman–Crippen MR) is 14.7 cm³/mol. The van der Waals surface area contributed by atoms with E-state index < -0.39 is 0 Å². The Balaban J connectivity index is -0.00000000667. The zero-order valence-corrected chi connectivity index (χ0v) is 8.86. The Bertz CT molecular complexity index is 19.0. The zero-order chi connectivity index (χ0) is 2.71. The molecule has 0 aliphatic carbocycles. The van der Waals surface area contributed by atoms with E-state index in [2.05, 4.69) is 0 Å². The first-order chi connectivity index (χ1) is 1.41. The Hall–Kier alpha value is 1.11. The van der Waals surface area contributed by atoms with Crippen LogP contribution >= 0.6 is 0 Å². The third-order valence-electron chi connectivity index (χ3n) is 0. The second-order valence-corrected chi connectivity index (χ2v) is 0.0913. The molecule has 0 aromatic heterocycles. The fourth-order valence-corrected chi connectivity index (χ4v) is 0. The topological polar surface area (TPSA) is 37.3 Å². The van der Waals surface area contributed by atoms with E-state index >= 15 is 0 Å². The maximum absolute atomic E-state index is 8.24. The molecule has 0 heterocycles. The van der Waals surface area contributed by atoms with Crippen molar-refractivity contribution >= 4 is 6.47 Å². The van der Waals surface area contributed by atoms with Gasteiger partial charge in [-0.2, -0.15) is 0 Å². The van der Waals surface area contributed by atoms with E-state index in [1.165, 1.54) is 0 Å². The van der Waals surface area contributed by atoms with Gasteiger partial charge in [0.05, 0.1) is 0 Å².